The normalized spacial score (nSPS) is 18.9. The second-order valence-electron chi connectivity index (χ2n) is 5.43. The third-order valence-corrected chi connectivity index (χ3v) is 3.96. The highest BCUT2D eigenvalue weighted by Gasteiger charge is 2.17. The number of hydrogen-bond acceptors (Lipinski definition) is 3. The minimum absolute atomic E-state index is 0.0159. The minimum Gasteiger partial charge on any atom is -0.355 e. The molecule has 1 aliphatic carbocycles. The van der Waals surface area contributed by atoms with Crippen molar-refractivity contribution in [1.82, 2.24) is 10.2 Å². The molecule has 0 aromatic rings. The number of nitrogens with one attached hydrogen (secondary N) is 1. The summed E-state index contributed by atoms with van der Waals surface area (Å²) in [5.41, 5.74) is 5.65. The van der Waals surface area contributed by atoms with Gasteiger partial charge in [-0.3, -0.25) is 4.79 Å². The molecule has 0 heterocycles. The monoisotopic (exact) mass is 255 g/mol. The highest BCUT2D eigenvalue weighted by atomic mass is 16.2. The molecule has 1 fully saturated rings. The second-order valence-corrected chi connectivity index (χ2v) is 5.43. The van der Waals surface area contributed by atoms with Gasteiger partial charge in [-0.2, -0.15) is 0 Å². The molecule has 1 rings (SSSR count). The third-order valence-electron chi connectivity index (χ3n) is 3.96. The molecule has 0 spiro atoms. The summed E-state index contributed by atoms with van der Waals surface area (Å²) >= 11 is 0. The van der Waals surface area contributed by atoms with Crippen LogP contribution in [0.25, 0.3) is 0 Å². The second kappa shape index (κ2) is 8.48. The van der Waals surface area contributed by atoms with Gasteiger partial charge in [-0.05, 0) is 39.3 Å². The average molecular weight is 255 g/mol. The van der Waals surface area contributed by atoms with Gasteiger partial charge in [0.1, 0.15) is 0 Å². The fourth-order valence-electron chi connectivity index (χ4n) is 2.56. The van der Waals surface area contributed by atoms with Crippen LogP contribution >= 0.6 is 0 Å². The molecule has 1 aliphatic rings. The van der Waals surface area contributed by atoms with E-state index in [0.717, 1.165) is 25.6 Å². The van der Waals surface area contributed by atoms with Gasteiger partial charge in [-0.25, -0.2) is 0 Å². The number of carbonyl (C=O) groups excluding carboxylic acids is 1. The number of rotatable bonds is 7. The van der Waals surface area contributed by atoms with Gasteiger partial charge >= 0.3 is 0 Å². The summed E-state index contributed by atoms with van der Waals surface area (Å²) in [6.07, 6.45) is 8.53. The Labute approximate surface area is 111 Å². The van der Waals surface area contributed by atoms with Crippen LogP contribution in [0.2, 0.25) is 0 Å². The number of carbonyl (C=O) groups is 1. The molecule has 0 saturated heterocycles. The summed E-state index contributed by atoms with van der Waals surface area (Å²) in [5, 5.41) is 2.90. The Morgan fingerprint density at radius 1 is 1.39 bits per heavy atom. The Morgan fingerprint density at radius 3 is 2.67 bits per heavy atom. The summed E-state index contributed by atoms with van der Waals surface area (Å²) in [5.74, 6) is -0.0159. The standard InChI is InChI=1S/C14H29N3O/c1-3-13(15)14(18)16-10-7-11-17(2)12-8-5-4-6-9-12/h12-13H,3-11,15H2,1-2H3,(H,16,18)/t13-/m0/s1. The molecule has 4 heteroatoms. The topological polar surface area (TPSA) is 58.4 Å². The quantitative estimate of drug-likeness (QED) is 0.678. The van der Waals surface area contributed by atoms with Crippen LogP contribution in [-0.4, -0.2) is 43.0 Å². The molecule has 0 radical (unpaired) electrons. The molecular weight excluding hydrogens is 226 g/mol. The molecule has 0 aromatic carbocycles. The van der Waals surface area contributed by atoms with E-state index in [4.69, 9.17) is 5.73 Å². The van der Waals surface area contributed by atoms with Crippen LogP contribution in [-0.2, 0) is 4.79 Å². The van der Waals surface area contributed by atoms with E-state index >= 15 is 0 Å². The Hall–Kier alpha value is -0.610. The minimum atomic E-state index is -0.346. The summed E-state index contributed by atoms with van der Waals surface area (Å²) in [7, 11) is 2.20. The molecule has 4 nitrogen and oxygen atoms in total. The summed E-state index contributed by atoms with van der Waals surface area (Å²) in [4.78, 5) is 13.9. The zero-order valence-electron chi connectivity index (χ0n) is 12.0. The van der Waals surface area contributed by atoms with Gasteiger partial charge in [0, 0.05) is 12.6 Å². The molecular formula is C14H29N3O. The van der Waals surface area contributed by atoms with E-state index in [1.807, 2.05) is 6.92 Å². The lowest BCUT2D eigenvalue weighted by molar-refractivity contribution is -0.122. The fraction of sp³-hybridized carbons (Fsp3) is 0.929. The molecule has 106 valence electrons. The maximum Gasteiger partial charge on any atom is 0.236 e. The molecule has 0 aliphatic heterocycles. The first-order valence-corrected chi connectivity index (χ1v) is 7.38. The van der Waals surface area contributed by atoms with Crippen molar-refractivity contribution in [2.24, 2.45) is 5.73 Å². The smallest absolute Gasteiger partial charge is 0.236 e. The lowest BCUT2D eigenvalue weighted by Crippen LogP contribution is -2.41. The van der Waals surface area contributed by atoms with Gasteiger partial charge in [0.15, 0.2) is 0 Å². The van der Waals surface area contributed by atoms with Crippen LogP contribution in [0, 0.1) is 0 Å². The molecule has 1 atom stereocenters. The maximum absolute atomic E-state index is 11.5. The SMILES string of the molecule is CC[C@H](N)C(=O)NCCCN(C)C1CCCCC1. The van der Waals surface area contributed by atoms with E-state index in [2.05, 4.69) is 17.3 Å². The van der Waals surface area contributed by atoms with Gasteiger partial charge in [0.05, 0.1) is 6.04 Å². The Balaban J connectivity index is 2.08. The zero-order valence-corrected chi connectivity index (χ0v) is 12.0. The lowest BCUT2D eigenvalue weighted by Gasteiger charge is -2.31. The predicted octanol–water partition coefficient (Wildman–Crippen LogP) is 1.49. The van der Waals surface area contributed by atoms with Gasteiger partial charge in [-0.15, -0.1) is 0 Å². The number of nitrogens with zero attached hydrogens (tertiary/aromatic N) is 1. The van der Waals surface area contributed by atoms with Gasteiger partial charge in [0.2, 0.25) is 5.91 Å². The van der Waals surface area contributed by atoms with Crippen molar-refractivity contribution >= 4 is 5.91 Å². The largest absolute Gasteiger partial charge is 0.355 e. The van der Waals surface area contributed by atoms with Crippen LogP contribution in [0.5, 0.6) is 0 Å². The first kappa shape index (κ1) is 15.4. The summed E-state index contributed by atoms with van der Waals surface area (Å²) < 4.78 is 0. The van der Waals surface area contributed by atoms with Crippen molar-refractivity contribution in [3.8, 4) is 0 Å². The molecule has 0 unspecified atom stereocenters. The summed E-state index contributed by atoms with van der Waals surface area (Å²) in [6.45, 7) is 3.73. The van der Waals surface area contributed by atoms with Crippen molar-refractivity contribution in [3.63, 3.8) is 0 Å². The van der Waals surface area contributed by atoms with E-state index in [0.29, 0.717) is 6.42 Å². The molecule has 3 N–H and O–H groups in total. The zero-order chi connectivity index (χ0) is 13.4. The molecule has 1 amide bonds. The predicted molar refractivity (Wildman–Crippen MR) is 75.4 cm³/mol. The van der Waals surface area contributed by atoms with Crippen molar-refractivity contribution in [3.05, 3.63) is 0 Å². The van der Waals surface area contributed by atoms with Crippen molar-refractivity contribution in [2.45, 2.75) is 64.0 Å². The molecule has 18 heavy (non-hydrogen) atoms. The lowest BCUT2D eigenvalue weighted by atomic mass is 9.94. The maximum atomic E-state index is 11.5. The average Bonchev–Trinajstić information content (AvgIpc) is 2.43. The Bertz CT molecular complexity index is 239. The number of amides is 1. The van der Waals surface area contributed by atoms with E-state index in [1.165, 1.54) is 32.1 Å². The highest BCUT2D eigenvalue weighted by molar-refractivity contribution is 5.81. The first-order chi connectivity index (χ1) is 8.65. The molecule has 1 saturated carbocycles. The fourth-order valence-corrected chi connectivity index (χ4v) is 2.56. The Kier molecular flexibility index (Phi) is 7.28. The Morgan fingerprint density at radius 2 is 2.06 bits per heavy atom. The van der Waals surface area contributed by atoms with Crippen LogP contribution in [0.15, 0.2) is 0 Å². The van der Waals surface area contributed by atoms with E-state index in [1.54, 1.807) is 0 Å². The third kappa shape index (κ3) is 5.36. The van der Waals surface area contributed by atoms with Crippen LogP contribution in [0.3, 0.4) is 0 Å². The van der Waals surface area contributed by atoms with Crippen LogP contribution in [0.4, 0.5) is 0 Å². The van der Waals surface area contributed by atoms with Crippen molar-refractivity contribution in [1.29, 1.82) is 0 Å². The highest BCUT2D eigenvalue weighted by Crippen LogP contribution is 2.21. The number of nitrogens with two attached hydrogens (primary N) is 1. The van der Waals surface area contributed by atoms with Crippen molar-refractivity contribution < 1.29 is 4.79 Å². The number of hydrogen-bond donors (Lipinski definition) is 2. The van der Waals surface area contributed by atoms with Gasteiger partial charge in [0.25, 0.3) is 0 Å². The first-order valence-electron chi connectivity index (χ1n) is 7.38. The summed E-state index contributed by atoms with van der Waals surface area (Å²) in [6, 6.07) is 0.411. The van der Waals surface area contributed by atoms with Gasteiger partial charge in [-0.1, -0.05) is 26.2 Å². The van der Waals surface area contributed by atoms with E-state index in [-0.39, 0.29) is 11.9 Å². The van der Waals surface area contributed by atoms with Crippen LogP contribution < -0.4 is 11.1 Å². The molecule has 0 bridgehead atoms. The van der Waals surface area contributed by atoms with Gasteiger partial charge < -0.3 is 16.0 Å². The van der Waals surface area contributed by atoms with Crippen molar-refractivity contribution in [2.75, 3.05) is 20.1 Å². The van der Waals surface area contributed by atoms with E-state index in [9.17, 15) is 4.79 Å². The molecule has 0 aromatic heterocycles. The van der Waals surface area contributed by atoms with E-state index < -0.39 is 0 Å². The van der Waals surface area contributed by atoms with Crippen LogP contribution in [0.1, 0.15) is 51.9 Å².